The van der Waals surface area contributed by atoms with Gasteiger partial charge in [-0.25, -0.2) is 15.0 Å². The lowest BCUT2D eigenvalue weighted by atomic mass is 9.73. The van der Waals surface area contributed by atoms with Crippen molar-refractivity contribution in [2.45, 2.75) is 48.3 Å². The number of para-hydroxylation sites is 2. The fraction of sp³-hybridized carbons (Fsp3) is 0.133. The van der Waals surface area contributed by atoms with Gasteiger partial charge < -0.3 is 4.90 Å². The van der Waals surface area contributed by atoms with Crippen LogP contribution in [0.15, 0.2) is 155 Å². The number of hydrogen-bond acceptors (Lipinski definition) is 5. The smallest absolute Gasteiger partial charge is 0.164 e. The number of rotatable bonds is 4. The maximum atomic E-state index is 5.02. The zero-order chi connectivity index (χ0) is 34.0. The third kappa shape index (κ3) is 4.87. The highest BCUT2D eigenvalue weighted by atomic mass is 32.2. The molecule has 50 heavy (non-hydrogen) atoms. The molecule has 0 atom stereocenters. The summed E-state index contributed by atoms with van der Waals surface area (Å²) >= 11 is 1.84. The van der Waals surface area contributed by atoms with Gasteiger partial charge in [-0.1, -0.05) is 155 Å². The first-order valence-corrected chi connectivity index (χ1v) is 17.9. The second-order valence-corrected chi connectivity index (χ2v) is 15.2. The first-order chi connectivity index (χ1) is 24.3. The lowest BCUT2D eigenvalue weighted by Gasteiger charge is -2.42. The molecule has 3 heterocycles. The van der Waals surface area contributed by atoms with E-state index in [2.05, 4.69) is 118 Å². The van der Waals surface area contributed by atoms with Crippen LogP contribution < -0.4 is 4.90 Å². The quantitative estimate of drug-likeness (QED) is 0.187. The Balaban J connectivity index is 1.15. The van der Waals surface area contributed by atoms with Crippen LogP contribution in [0.3, 0.4) is 0 Å². The molecule has 0 saturated carbocycles. The fourth-order valence-corrected chi connectivity index (χ4v) is 9.13. The molecule has 242 valence electrons. The summed E-state index contributed by atoms with van der Waals surface area (Å²) in [6.45, 7) is 9.34. The predicted molar refractivity (Wildman–Crippen MR) is 206 cm³/mol. The summed E-state index contributed by atoms with van der Waals surface area (Å²) in [5, 5.41) is 0. The van der Waals surface area contributed by atoms with E-state index in [4.69, 9.17) is 15.0 Å². The fourth-order valence-electron chi connectivity index (χ4n) is 7.66. The van der Waals surface area contributed by atoms with E-state index in [1.807, 2.05) is 72.4 Å². The highest BCUT2D eigenvalue weighted by Crippen LogP contribution is 2.55. The summed E-state index contributed by atoms with van der Waals surface area (Å²) in [5.74, 6) is 2.00. The Morgan fingerprint density at radius 1 is 0.420 bits per heavy atom. The number of nitrogens with zero attached hydrogens (tertiary/aromatic N) is 4. The highest BCUT2D eigenvalue weighted by molar-refractivity contribution is 7.99. The molecule has 9 rings (SSSR count). The zero-order valence-corrected chi connectivity index (χ0v) is 29.4. The molecule has 0 unspecified atom stereocenters. The third-order valence-electron chi connectivity index (χ3n) is 10.4. The first-order valence-electron chi connectivity index (χ1n) is 17.1. The number of fused-ring (bicyclic) bond motifs is 4. The van der Waals surface area contributed by atoms with E-state index >= 15 is 0 Å². The lowest BCUT2D eigenvalue weighted by Crippen LogP contribution is -2.30. The minimum atomic E-state index is -0.184. The van der Waals surface area contributed by atoms with E-state index in [0.717, 1.165) is 16.7 Å². The van der Waals surface area contributed by atoms with Crippen LogP contribution in [0.25, 0.3) is 34.2 Å². The largest absolute Gasteiger partial charge is 0.310 e. The highest BCUT2D eigenvalue weighted by Gasteiger charge is 2.38. The molecule has 7 aromatic rings. The molecule has 0 aliphatic carbocycles. The predicted octanol–water partition coefficient (Wildman–Crippen LogP) is 11.8. The SMILES string of the molecule is CC1(C)c2ccc(-c3nc(-c4ccccc4)nc(-c4ccccc4)n3)cc2Sc2cc(N3c4ccccc4C(C)(C)c4ccccc43)ccc21. The van der Waals surface area contributed by atoms with Crippen molar-refractivity contribution in [3.8, 4) is 34.2 Å². The van der Waals surface area contributed by atoms with Gasteiger partial charge in [-0.05, 0) is 52.6 Å². The van der Waals surface area contributed by atoms with Gasteiger partial charge in [-0.15, -0.1) is 0 Å². The van der Waals surface area contributed by atoms with Crippen LogP contribution in [0.2, 0.25) is 0 Å². The Labute approximate surface area is 297 Å². The van der Waals surface area contributed by atoms with Gasteiger partial charge in [0.25, 0.3) is 0 Å². The summed E-state index contributed by atoms with van der Waals surface area (Å²) < 4.78 is 0. The van der Waals surface area contributed by atoms with Crippen molar-refractivity contribution in [2.24, 2.45) is 0 Å². The molecule has 4 nitrogen and oxygen atoms in total. The molecule has 0 spiro atoms. The van der Waals surface area contributed by atoms with Crippen molar-refractivity contribution in [1.29, 1.82) is 0 Å². The molecule has 0 amide bonds. The lowest BCUT2D eigenvalue weighted by molar-refractivity contribution is 0.607. The van der Waals surface area contributed by atoms with E-state index < -0.39 is 0 Å². The van der Waals surface area contributed by atoms with Crippen LogP contribution >= 0.6 is 11.8 Å². The average molecular weight is 665 g/mol. The molecule has 1 aromatic heterocycles. The van der Waals surface area contributed by atoms with Crippen molar-refractivity contribution in [3.63, 3.8) is 0 Å². The summed E-state index contributed by atoms with van der Waals surface area (Å²) in [5.41, 5.74) is 11.6. The summed E-state index contributed by atoms with van der Waals surface area (Å²) in [7, 11) is 0. The van der Waals surface area contributed by atoms with Gasteiger partial charge in [0.15, 0.2) is 17.5 Å². The van der Waals surface area contributed by atoms with Crippen LogP contribution in [-0.2, 0) is 10.8 Å². The Morgan fingerprint density at radius 2 is 0.860 bits per heavy atom. The molecule has 0 N–H and O–H groups in total. The first kappa shape index (κ1) is 30.5. The van der Waals surface area contributed by atoms with Crippen LogP contribution in [0, 0.1) is 0 Å². The second-order valence-electron chi connectivity index (χ2n) is 14.2. The van der Waals surface area contributed by atoms with Crippen LogP contribution in [0.1, 0.15) is 49.9 Å². The Morgan fingerprint density at radius 3 is 1.42 bits per heavy atom. The van der Waals surface area contributed by atoms with Crippen molar-refractivity contribution < 1.29 is 0 Å². The monoisotopic (exact) mass is 664 g/mol. The average Bonchev–Trinajstić information content (AvgIpc) is 3.15. The van der Waals surface area contributed by atoms with Crippen molar-refractivity contribution in [1.82, 2.24) is 15.0 Å². The molecule has 5 heteroatoms. The molecule has 2 aliphatic heterocycles. The maximum Gasteiger partial charge on any atom is 0.164 e. The molecule has 6 aromatic carbocycles. The van der Waals surface area contributed by atoms with E-state index in [1.54, 1.807) is 0 Å². The molecule has 0 bridgehead atoms. The number of hydrogen-bond donors (Lipinski definition) is 0. The normalized spacial score (nSPS) is 15.0. The van der Waals surface area contributed by atoms with Gasteiger partial charge in [0.2, 0.25) is 0 Å². The van der Waals surface area contributed by atoms with Crippen molar-refractivity contribution in [3.05, 3.63) is 168 Å². The van der Waals surface area contributed by atoms with E-state index in [1.165, 1.54) is 49.1 Å². The minimum Gasteiger partial charge on any atom is -0.310 e. The second kappa shape index (κ2) is 11.5. The van der Waals surface area contributed by atoms with Crippen molar-refractivity contribution >= 4 is 28.8 Å². The van der Waals surface area contributed by atoms with Crippen LogP contribution in [-0.4, -0.2) is 15.0 Å². The number of anilines is 3. The standard InChI is InChI=1S/C45H36N4S/c1-44(2)33-19-11-13-21-37(33)49(38-22-14-12-20-34(38)44)32-24-26-36-40(28-32)50-39-27-31(23-25-35(39)45(36,3)4)43-47-41(29-15-7-5-8-16-29)46-42(48-43)30-17-9-6-10-18-30/h5-28H,1-4H3. The number of benzene rings is 6. The third-order valence-corrected chi connectivity index (χ3v) is 11.5. The minimum absolute atomic E-state index is 0.0975. The van der Waals surface area contributed by atoms with Gasteiger partial charge >= 0.3 is 0 Å². The van der Waals surface area contributed by atoms with E-state index in [-0.39, 0.29) is 10.8 Å². The summed E-state index contributed by atoms with van der Waals surface area (Å²) in [4.78, 5) is 19.9. The van der Waals surface area contributed by atoms with Crippen LogP contribution in [0.4, 0.5) is 17.1 Å². The van der Waals surface area contributed by atoms with Gasteiger partial charge in [-0.2, -0.15) is 0 Å². The van der Waals surface area contributed by atoms with Crippen LogP contribution in [0.5, 0.6) is 0 Å². The van der Waals surface area contributed by atoms with Gasteiger partial charge in [0.1, 0.15) is 0 Å². The molecule has 0 radical (unpaired) electrons. The Kier molecular flexibility index (Phi) is 7.04. The molecule has 2 aliphatic rings. The maximum absolute atomic E-state index is 5.02. The molecule has 0 saturated heterocycles. The van der Waals surface area contributed by atoms with E-state index in [0.29, 0.717) is 17.5 Å². The van der Waals surface area contributed by atoms with Gasteiger partial charge in [-0.3, -0.25) is 0 Å². The Bertz CT molecular complexity index is 2310. The van der Waals surface area contributed by atoms with E-state index in [9.17, 15) is 0 Å². The molecule has 0 fully saturated rings. The summed E-state index contributed by atoms with van der Waals surface area (Å²) in [6.07, 6.45) is 0. The molecular weight excluding hydrogens is 629 g/mol. The molecular formula is C45H36N4S. The van der Waals surface area contributed by atoms with Crippen molar-refractivity contribution in [2.75, 3.05) is 4.90 Å². The Hall–Kier alpha value is -5.52. The zero-order valence-electron chi connectivity index (χ0n) is 28.6. The summed E-state index contributed by atoms with van der Waals surface area (Å²) in [6, 6.07) is 51.7. The van der Waals surface area contributed by atoms with Gasteiger partial charge in [0.05, 0.1) is 11.4 Å². The topological polar surface area (TPSA) is 41.9 Å². The van der Waals surface area contributed by atoms with Gasteiger partial charge in [0, 0.05) is 43.0 Å². The number of aromatic nitrogens is 3.